The van der Waals surface area contributed by atoms with E-state index in [1.807, 2.05) is 0 Å². The van der Waals surface area contributed by atoms with Gasteiger partial charge in [-0.05, 0) is 36.3 Å². The third kappa shape index (κ3) is 3.50. The molecule has 0 fully saturated rings. The lowest BCUT2D eigenvalue weighted by atomic mass is 10.1. The smallest absolute Gasteiger partial charge is 0.418 e. The summed E-state index contributed by atoms with van der Waals surface area (Å²) in [6, 6.07) is 3.56. The van der Waals surface area contributed by atoms with E-state index < -0.39 is 17.7 Å². The van der Waals surface area contributed by atoms with Gasteiger partial charge in [-0.1, -0.05) is 6.07 Å². The second kappa shape index (κ2) is 5.43. The summed E-state index contributed by atoms with van der Waals surface area (Å²) in [6.45, 7) is 1.72. The number of benzene rings is 1. The predicted octanol–water partition coefficient (Wildman–Crippen LogP) is 3.30. The van der Waals surface area contributed by atoms with E-state index in [1.165, 1.54) is 24.5 Å². The van der Waals surface area contributed by atoms with Gasteiger partial charge in [0.25, 0.3) is 0 Å². The monoisotopic (exact) mass is 296 g/mol. The number of nitrogens with zero attached hydrogens (tertiary/aromatic N) is 2. The molecule has 2 aromatic rings. The summed E-state index contributed by atoms with van der Waals surface area (Å²) in [5.74, 6) is -1.23. The number of carboxylic acid groups (broad SMARTS) is 1. The maximum absolute atomic E-state index is 13.1. The lowest BCUT2D eigenvalue weighted by molar-refractivity contribution is -0.137. The van der Waals surface area contributed by atoms with Crippen LogP contribution in [0.15, 0.2) is 36.7 Å². The lowest BCUT2D eigenvalue weighted by Gasteiger charge is -2.13. The molecule has 0 aliphatic heterocycles. The van der Waals surface area contributed by atoms with E-state index in [4.69, 9.17) is 5.11 Å². The van der Waals surface area contributed by atoms with Crippen LogP contribution in [0.3, 0.4) is 0 Å². The fourth-order valence-corrected chi connectivity index (χ4v) is 1.80. The first-order valence-electron chi connectivity index (χ1n) is 5.91. The average Bonchev–Trinajstić information content (AvgIpc) is 2.81. The number of aliphatic carboxylic acids is 1. The molecule has 0 spiro atoms. The molecule has 0 atom stereocenters. The highest BCUT2D eigenvalue weighted by Crippen LogP contribution is 2.34. The van der Waals surface area contributed by atoms with Gasteiger partial charge in [-0.15, -0.1) is 0 Å². The number of rotatable bonds is 3. The quantitative estimate of drug-likeness (QED) is 0.884. The van der Waals surface area contributed by atoms with E-state index in [0.717, 1.165) is 28.5 Å². The summed E-state index contributed by atoms with van der Waals surface area (Å²) >= 11 is 0. The number of carbonyl (C=O) groups is 1. The number of hydrogen-bond acceptors (Lipinski definition) is 2. The van der Waals surface area contributed by atoms with E-state index in [0.29, 0.717) is 0 Å². The number of aromatic nitrogens is 2. The van der Waals surface area contributed by atoms with Crippen LogP contribution in [0, 0.1) is 6.92 Å². The molecule has 0 aliphatic rings. The van der Waals surface area contributed by atoms with Gasteiger partial charge in [0, 0.05) is 12.3 Å². The highest BCUT2D eigenvalue weighted by molar-refractivity contribution is 5.85. The van der Waals surface area contributed by atoms with Crippen LogP contribution in [0.4, 0.5) is 13.2 Å². The Labute approximate surface area is 118 Å². The van der Waals surface area contributed by atoms with E-state index in [1.54, 1.807) is 6.92 Å². The topological polar surface area (TPSA) is 55.1 Å². The van der Waals surface area contributed by atoms with Crippen molar-refractivity contribution in [2.75, 3.05) is 0 Å². The van der Waals surface area contributed by atoms with Crippen LogP contribution in [0.5, 0.6) is 0 Å². The van der Waals surface area contributed by atoms with E-state index in [9.17, 15) is 18.0 Å². The first kappa shape index (κ1) is 14.8. The molecular weight excluding hydrogens is 285 g/mol. The SMILES string of the molecule is Cc1cnn(-c2ccc(/C=C/C(=O)O)cc2C(F)(F)F)c1. The number of aryl methyl sites for hydroxylation is 1. The number of carboxylic acids is 1. The first-order valence-corrected chi connectivity index (χ1v) is 5.91. The van der Waals surface area contributed by atoms with E-state index in [2.05, 4.69) is 5.10 Å². The highest BCUT2D eigenvalue weighted by atomic mass is 19.4. The molecule has 0 radical (unpaired) electrons. The summed E-state index contributed by atoms with van der Waals surface area (Å²) in [7, 11) is 0. The summed E-state index contributed by atoms with van der Waals surface area (Å²) in [5.41, 5.74) is -0.100. The van der Waals surface area contributed by atoms with Crippen LogP contribution in [0.25, 0.3) is 11.8 Å². The second-order valence-corrected chi connectivity index (χ2v) is 4.41. The van der Waals surface area contributed by atoms with Crippen molar-refractivity contribution in [3.8, 4) is 5.69 Å². The summed E-state index contributed by atoms with van der Waals surface area (Å²) < 4.78 is 40.6. The molecule has 0 amide bonds. The minimum absolute atomic E-state index is 0.108. The van der Waals surface area contributed by atoms with Crippen LogP contribution < -0.4 is 0 Å². The maximum atomic E-state index is 13.1. The van der Waals surface area contributed by atoms with Crippen LogP contribution in [-0.2, 0) is 11.0 Å². The molecule has 1 aromatic carbocycles. The Morgan fingerprint density at radius 2 is 2.10 bits per heavy atom. The van der Waals surface area contributed by atoms with Crippen molar-refractivity contribution < 1.29 is 23.1 Å². The Bertz CT molecular complexity index is 702. The normalized spacial score (nSPS) is 12.0. The minimum Gasteiger partial charge on any atom is -0.478 e. The molecule has 0 aliphatic carbocycles. The zero-order chi connectivity index (χ0) is 15.6. The van der Waals surface area contributed by atoms with Gasteiger partial charge >= 0.3 is 12.1 Å². The van der Waals surface area contributed by atoms with Gasteiger partial charge in [0.15, 0.2) is 0 Å². The Morgan fingerprint density at radius 3 is 2.62 bits per heavy atom. The molecule has 0 bridgehead atoms. The molecule has 110 valence electrons. The van der Waals surface area contributed by atoms with Crippen LogP contribution in [0.1, 0.15) is 16.7 Å². The number of halogens is 3. The molecule has 1 aromatic heterocycles. The molecular formula is C14H11F3N2O2. The Kier molecular flexibility index (Phi) is 3.84. The molecule has 21 heavy (non-hydrogen) atoms. The van der Waals surface area contributed by atoms with Crippen molar-refractivity contribution in [1.29, 1.82) is 0 Å². The number of alkyl halides is 3. The van der Waals surface area contributed by atoms with Gasteiger partial charge in [-0.3, -0.25) is 0 Å². The summed E-state index contributed by atoms with van der Waals surface area (Å²) in [6.07, 6.45) is 0.265. The van der Waals surface area contributed by atoms with E-state index in [-0.39, 0.29) is 11.3 Å². The van der Waals surface area contributed by atoms with Gasteiger partial charge in [-0.2, -0.15) is 18.3 Å². The predicted molar refractivity (Wildman–Crippen MR) is 70.0 cm³/mol. The Balaban J connectivity index is 2.54. The van der Waals surface area contributed by atoms with Gasteiger partial charge < -0.3 is 5.11 Å². The van der Waals surface area contributed by atoms with Crippen molar-refractivity contribution >= 4 is 12.0 Å². The average molecular weight is 296 g/mol. The van der Waals surface area contributed by atoms with Crippen molar-refractivity contribution in [2.45, 2.75) is 13.1 Å². The van der Waals surface area contributed by atoms with Gasteiger partial charge in [0.1, 0.15) is 0 Å². The number of hydrogen-bond donors (Lipinski definition) is 1. The molecule has 7 heteroatoms. The minimum atomic E-state index is -4.57. The van der Waals surface area contributed by atoms with Crippen molar-refractivity contribution in [2.24, 2.45) is 0 Å². The third-order valence-electron chi connectivity index (χ3n) is 2.70. The van der Waals surface area contributed by atoms with Gasteiger partial charge in [-0.25, -0.2) is 9.48 Å². The van der Waals surface area contributed by atoms with Crippen LogP contribution in [-0.4, -0.2) is 20.9 Å². The summed E-state index contributed by atoms with van der Waals surface area (Å²) in [5, 5.41) is 12.4. The van der Waals surface area contributed by atoms with Crippen molar-refractivity contribution in [3.63, 3.8) is 0 Å². The van der Waals surface area contributed by atoms with Crippen LogP contribution in [0.2, 0.25) is 0 Å². The highest BCUT2D eigenvalue weighted by Gasteiger charge is 2.34. The molecule has 0 unspecified atom stereocenters. The third-order valence-corrected chi connectivity index (χ3v) is 2.70. The molecule has 0 saturated carbocycles. The molecule has 4 nitrogen and oxygen atoms in total. The first-order chi connectivity index (χ1) is 9.77. The second-order valence-electron chi connectivity index (χ2n) is 4.41. The van der Waals surface area contributed by atoms with Gasteiger partial charge in [0.05, 0.1) is 17.4 Å². The summed E-state index contributed by atoms with van der Waals surface area (Å²) in [4.78, 5) is 10.4. The molecule has 2 rings (SSSR count). The van der Waals surface area contributed by atoms with Gasteiger partial charge in [0.2, 0.25) is 0 Å². The Morgan fingerprint density at radius 1 is 1.38 bits per heavy atom. The van der Waals surface area contributed by atoms with Crippen molar-refractivity contribution in [1.82, 2.24) is 9.78 Å². The van der Waals surface area contributed by atoms with Crippen LogP contribution >= 0.6 is 0 Å². The zero-order valence-corrected chi connectivity index (χ0v) is 10.9. The van der Waals surface area contributed by atoms with Crippen molar-refractivity contribution in [3.05, 3.63) is 53.4 Å². The molecule has 1 N–H and O–H groups in total. The largest absolute Gasteiger partial charge is 0.478 e. The fraction of sp³-hybridized carbons (Fsp3) is 0.143. The standard InChI is InChI=1S/C14H11F3N2O2/c1-9-7-18-19(8-9)12-4-2-10(3-5-13(20)21)6-11(12)14(15,16)17/h2-8H,1H3,(H,20,21)/b5-3+. The lowest BCUT2D eigenvalue weighted by Crippen LogP contribution is -2.11. The Hall–Kier alpha value is -2.57. The maximum Gasteiger partial charge on any atom is 0.418 e. The zero-order valence-electron chi connectivity index (χ0n) is 10.9. The molecule has 1 heterocycles. The molecule has 0 saturated heterocycles. The fourth-order valence-electron chi connectivity index (χ4n) is 1.80. The van der Waals surface area contributed by atoms with E-state index >= 15 is 0 Å².